The van der Waals surface area contributed by atoms with Crippen molar-refractivity contribution in [1.82, 2.24) is 9.88 Å². The van der Waals surface area contributed by atoms with Crippen LogP contribution in [0.5, 0.6) is 0 Å². The number of carboxylic acid groups (broad SMARTS) is 1. The van der Waals surface area contributed by atoms with E-state index in [0.29, 0.717) is 11.6 Å². The van der Waals surface area contributed by atoms with Crippen LogP contribution < -0.4 is 4.90 Å². The molecule has 19 heavy (non-hydrogen) atoms. The van der Waals surface area contributed by atoms with Gasteiger partial charge in [-0.05, 0) is 31.9 Å². The maximum Gasteiger partial charge on any atom is 0.337 e. The first-order valence-corrected chi connectivity index (χ1v) is 6.92. The van der Waals surface area contributed by atoms with Crippen molar-refractivity contribution in [2.45, 2.75) is 25.3 Å². The molecule has 1 unspecified atom stereocenters. The molecule has 2 aliphatic heterocycles. The van der Waals surface area contributed by atoms with Crippen molar-refractivity contribution < 1.29 is 9.90 Å². The first kappa shape index (κ1) is 12.4. The number of hydrogen-bond acceptors (Lipinski definition) is 4. The van der Waals surface area contributed by atoms with E-state index in [0.717, 1.165) is 31.7 Å². The summed E-state index contributed by atoms with van der Waals surface area (Å²) < 4.78 is 0. The molecule has 3 heterocycles. The molecule has 2 saturated heterocycles. The number of rotatable bonds is 2. The first-order valence-electron chi connectivity index (χ1n) is 6.92. The van der Waals surface area contributed by atoms with Crippen molar-refractivity contribution in [2.75, 3.05) is 31.1 Å². The lowest BCUT2D eigenvalue weighted by Crippen LogP contribution is -2.37. The molecule has 5 nitrogen and oxygen atoms in total. The predicted molar refractivity (Wildman–Crippen MR) is 72.6 cm³/mol. The van der Waals surface area contributed by atoms with E-state index in [9.17, 15) is 9.90 Å². The van der Waals surface area contributed by atoms with Gasteiger partial charge < -0.3 is 10.0 Å². The minimum absolute atomic E-state index is 0.362. The van der Waals surface area contributed by atoms with E-state index < -0.39 is 5.97 Å². The molecular weight excluding hydrogens is 242 g/mol. The lowest BCUT2D eigenvalue weighted by molar-refractivity contribution is 0.0697. The Morgan fingerprint density at radius 2 is 2.16 bits per heavy atom. The number of fused-ring (bicyclic) bond motifs is 1. The molecular formula is C14H19N3O2. The van der Waals surface area contributed by atoms with Crippen LogP contribution in [0.25, 0.3) is 0 Å². The van der Waals surface area contributed by atoms with Crippen LogP contribution in [0.15, 0.2) is 18.5 Å². The van der Waals surface area contributed by atoms with Gasteiger partial charge in [-0.3, -0.25) is 9.88 Å². The lowest BCUT2D eigenvalue weighted by atomic mass is 10.1. The molecule has 0 aromatic carbocycles. The predicted octanol–water partition coefficient (Wildman–Crippen LogP) is 1.45. The average molecular weight is 261 g/mol. The monoisotopic (exact) mass is 261 g/mol. The van der Waals surface area contributed by atoms with Gasteiger partial charge in [-0.25, -0.2) is 4.79 Å². The van der Waals surface area contributed by atoms with Gasteiger partial charge >= 0.3 is 5.97 Å². The van der Waals surface area contributed by atoms with Crippen LogP contribution in [-0.2, 0) is 0 Å². The van der Waals surface area contributed by atoms with E-state index in [4.69, 9.17) is 0 Å². The minimum atomic E-state index is -0.870. The van der Waals surface area contributed by atoms with Gasteiger partial charge in [-0.15, -0.1) is 0 Å². The normalized spacial score (nSPS) is 24.0. The first-order chi connectivity index (χ1) is 9.25. The topological polar surface area (TPSA) is 56.7 Å². The van der Waals surface area contributed by atoms with E-state index in [1.54, 1.807) is 18.5 Å². The summed E-state index contributed by atoms with van der Waals surface area (Å²) >= 11 is 0. The fraction of sp³-hybridized carbons (Fsp3) is 0.571. The molecule has 1 aromatic rings. The Hall–Kier alpha value is -1.62. The van der Waals surface area contributed by atoms with Gasteiger partial charge in [-0.2, -0.15) is 0 Å². The van der Waals surface area contributed by atoms with Crippen LogP contribution in [-0.4, -0.2) is 53.2 Å². The van der Waals surface area contributed by atoms with Gasteiger partial charge in [0.2, 0.25) is 0 Å². The lowest BCUT2D eigenvalue weighted by Gasteiger charge is -2.27. The zero-order valence-electron chi connectivity index (χ0n) is 11.0. The van der Waals surface area contributed by atoms with E-state index in [2.05, 4.69) is 14.8 Å². The zero-order chi connectivity index (χ0) is 13.2. The molecule has 1 atom stereocenters. The SMILES string of the molecule is O=C(O)c1ccncc1N1CCCN2CCCC2C1. The number of anilines is 1. The van der Waals surface area contributed by atoms with Crippen molar-refractivity contribution in [2.24, 2.45) is 0 Å². The summed E-state index contributed by atoms with van der Waals surface area (Å²) in [6.07, 6.45) is 6.81. The van der Waals surface area contributed by atoms with E-state index in [1.807, 2.05) is 0 Å². The number of carbonyl (C=O) groups is 1. The second-order valence-electron chi connectivity index (χ2n) is 5.33. The van der Waals surface area contributed by atoms with E-state index >= 15 is 0 Å². The molecule has 1 aromatic heterocycles. The summed E-state index contributed by atoms with van der Waals surface area (Å²) in [6, 6.07) is 2.17. The molecule has 0 spiro atoms. The maximum absolute atomic E-state index is 11.3. The van der Waals surface area contributed by atoms with Crippen LogP contribution in [0.2, 0.25) is 0 Å². The fourth-order valence-corrected chi connectivity index (χ4v) is 3.24. The van der Waals surface area contributed by atoms with Gasteiger partial charge in [0.15, 0.2) is 0 Å². The Balaban J connectivity index is 1.87. The van der Waals surface area contributed by atoms with Crippen molar-refractivity contribution in [3.05, 3.63) is 24.0 Å². The third-order valence-electron chi connectivity index (χ3n) is 4.17. The van der Waals surface area contributed by atoms with Gasteiger partial charge in [0, 0.05) is 31.9 Å². The highest BCUT2D eigenvalue weighted by atomic mass is 16.4. The highest BCUT2D eigenvalue weighted by molar-refractivity contribution is 5.94. The summed E-state index contributed by atoms with van der Waals surface area (Å²) in [7, 11) is 0. The summed E-state index contributed by atoms with van der Waals surface area (Å²) in [4.78, 5) is 20.2. The number of pyridine rings is 1. The molecule has 3 rings (SSSR count). The largest absolute Gasteiger partial charge is 0.478 e. The van der Waals surface area contributed by atoms with Crippen LogP contribution >= 0.6 is 0 Å². The van der Waals surface area contributed by atoms with Gasteiger partial charge in [-0.1, -0.05) is 0 Å². The molecule has 2 aliphatic rings. The minimum Gasteiger partial charge on any atom is -0.478 e. The Labute approximate surface area is 112 Å². The molecule has 0 aliphatic carbocycles. The van der Waals surface area contributed by atoms with E-state index in [-0.39, 0.29) is 0 Å². The summed E-state index contributed by atoms with van der Waals surface area (Å²) in [5.41, 5.74) is 1.13. The second-order valence-corrected chi connectivity index (χ2v) is 5.33. The third-order valence-corrected chi connectivity index (χ3v) is 4.17. The third kappa shape index (κ3) is 2.42. The smallest absolute Gasteiger partial charge is 0.337 e. The highest BCUT2D eigenvalue weighted by Gasteiger charge is 2.30. The Morgan fingerprint density at radius 3 is 3.00 bits per heavy atom. The molecule has 5 heteroatoms. The summed E-state index contributed by atoms with van der Waals surface area (Å²) in [5.74, 6) is -0.870. The Kier molecular flexibility index (Phi) is 3.38. The Bertz CT molecular complexity index is 478. The number of nitrogens with zero attached hydrogens (tertiary/aromatic N) is 3. The van der Waals surface area contributed by atoms with Crippen molar-refractivity contribution in [3.63, 3.8) is 0 Å². The van der Waals surface area contributed by atoms with Crippen molar-refractivity contribution >= 4 is 11.7 Å². The number of aromatic nitrogens is 1. The zero-order valence-corrected chi connectivity index (χ0v) is 11.0. The molecule has 0 saturated carbocycles. The molecule has 0 amide bonds. The highest BCUT2D eigenvalue weighted by Crippen LogP contribution is 2.26. The van der Waals surface area contributed by atoms with Crippen molar-refractivity contribution in [3.8, 4) is 0 Å². The molecule has 102 valence electrons. The molecule has 1 N–H and O–H groups in total. The van der Waals surface area contributed by atoms with Gasteiger partial charge in [0.05, 0.1) is 17.4 Å². The number of aromatic carboxylic acids is 1. The average Bonchev–Trinajstić information content (AvgIpc) is 2.76. The summed E-state index contributed by atoms with van der Waals surface area (Å²) in [5, 5.41) is 9.29. The number of hydrogen-bond donors (Lipinski definition) is 1. The molecule has 2 fully saturated rings. The van der Waals surface area contributed by atoms with Gasteiger partial charge in [0.1, 0.15) is 0 Å². The summed E-state index contributed by atoms with van der Waals surface area (Å²) in [6.45, 7) is 4.16. The second kappa shape index (κ2) is 5.17. The number of carboxylic acids is 1. The fourth-order valence-electron chi connectivity index (χ4n) is 3.24. The van der Waals surface area contributed by atoms with Crippen LogP contribution in [0, 0.1) is 0 Å². The quantitative estimate of drug-likeness (QED) is 0.873. The standard InChI is InChI=1S/C14H19N3O2/c18-14(19)12-4-5-15-9-13(12)17-8-2-7-16-6-1-3-11(16)10-17/h4-5,9,11H,1-3,6-8,10H2,(H,18,19). The van der Waals surface area contributed by atoms with Crippen LogP contribution in [0.3, 0.4) is 0 Å². The molecule has 0 radical (unpaired) electrons. The van der Waals surface area contributed by atoms with Crippen molar-refractivity contribution in [1.29, 1.82) is 0 Å². The van der Waals surface area contributed by atoms with Gasteiger partial charge in [0.25, 0.3) is 0 Å². The van der Waals surface area contributed by atoms with Crippen LogP contribution in [0.4, 0.5) is 5.69 Å². The van der Waals surface area contributed by atoms with Crippen LogP contribution in [0.1, 0.15) is 29.6 Å². The molecule has 0 bridgehead atoms. The maximum atomic E-state index is 11.3. The van der Waals surface area contributed by atoms with E-state index in [1.165, 1.54) is 19.4 Å². The Morgan fingerprint density at radius 1 is 1.32 bits per heavy atom.